The number of hydrogen-bond donors (Lipinski definition) is 0. The van der Waals surface area contributed by atoms with Crippen molar-refractivity contribution in [2.24, 2.45) is 0 Å². The Balaban J connectivity index is 3.46. The molecule has 0 radical (unpaired) electrons. The van der Waals surface area contributed by atoms with E-state index in [4.69, 9.17) is 9.16 Å². The lowest BCUT2D eigenvalue weighted by molar-refractivity contribution is -0.138. The minimum absolute atomic E-state index is 0.0766. The molecule has 0 aliphatic rings. The van der Waals surface area contributed by atoms with Crippen LogP contribution in [0.5, 0.6) is 0 Å². The number of esters is 1. The molecule has 0 rings (SSSR count). The summed E-state index contributed by atoms with van der Waals surface area (Å²) in [7, 11) is 0.739. The number of rotatable bonds is 6. The van der Waals surface area contributed by atoms with Crippen molar-refractivity contribution in [2.75, 3.05) is 6.61 Å². The molecule has 0 heterocycles. The fourth-order valence-electron chi connectivity index (χ4n) is 0.832. The van der Waals surface area contributed by atoms with Gasteiger partial charge in [-0.05, 0) is 26.7 Å². The summed E-state index contributed by atoms with van der Waals surface area (Å²) in [6.07, 6.45) is 2.91. The molecule has 0 spiro atoms. The van der Waals surface area contributed by atoms with Crippen molar-refractivity contribution in [1.82, 2.24) is 0 Å². The van der Waals surface area contributed by atoms with Gasteiger partial charge in [0, 0.05) is 11.7 Å². The van der Waals surface area contributed by atoms with E-state index in [9.17, 15) is 4.79 Å². The molecule has 0 aliphatic heterocycles. The molecule has 0 saturated carbocycles. The summed E-state index contributed by atoms with van der Waals surface area (Å²) in [5.74, 6) is -0.357. The molecule has 0 unspecified atom stereocenters. The van der Waals surface area contributed by atoms with E-state index in [0.717, 1.165) is 23.3 Å². The van der Waals surface area contributed by atoms with Crippen LogP contribution in [0, 0.1) is 0 Å². The molecule has 0 bridgehead atoms. The number of ether oxygens (including phenoxy) is 1. The Hall–Kier alpha value is -0.613. The normalized spacial score (nSPS) is 11.2. The molecular weight excluding hydrogens is 184 g/mol. The van der Waals surface area contributed by atoms with Gasteiger partial charge in [-0.15, -0.1) is 0 Å². The fraction of sp³-hybridized carbons (Fsp3) is 0.667. The van der Waals surface area contributed by atoms with Gasteiger partial charge in [0.2, 0.25) is 0 Å². The van der Waals surface area contributed by atoms with Gasteiger partial charge >= 0.3 is 5.97 Å². The third kappa shape index (κ3) is 6.54. The largest absolute Gasteiger partial charge is 0.463 e. The van der Waals surface area contributed by atoms with E-state index >= 15 is 0 Å². The van der Waals surface area contributed by atoms with Gasteiger partial charge in [0.05, 0.1) is 6.61 Å². The molecule has 0 N–H and O–H groups in total. The van der Waals surface area contributed by atoms with E-state index < -0.39 is 0 Å². The van der Waals surface area contributed by atoms with Crippen LogP contribution in [-0.2, 0) is 14.0 Å². The molecule has 0 aliphatic carbocycles. The summed E-state index contributed by atoms with van der Waals surface area (Å²) in [4.78, 5) is 10.6. The second kappa shape index (κ2) is 5.94. The lowest BCUT2D eigenvalue weighted by Crippen LogP contribution is -2.23. The summed E-state index contributed by atoms with van der Waals surface area (Å²) in [6, 6.07) is 0. The summed E-state index contributed by atoms with van der Waals surface area (Å²) < 4.78 is 10.2. The minimum atomic E-state index is -0.357. The van der Waals surface area contributed by atoms with Crippen LogP contribution in [0.15, 0.2) is 12.7 Å². The zero-order valence-electron chi connectivity index (χ0n) is 8.63. The first-order valence-electron chi connectivity index (χ1n) is 4.36. The average Bonchev–Trinajstić information content (AvgIpc) is 2.12. The van der Waals surface area contributed by atoms with Crippen molar-refractivity contribution in [1.29, 1.82) is 0 Å². The van der Waals surface area contributed by atoms with Crippen LogP contribution in [0.3, 0.4) is 0 Å². The second-order valence-corrected chi connectivity index (χ2v) is 3.85. The molecule has 76 valence electrons. The summed E-state index contributed by atoms with van der Waals surface area (Å²) in [5.41, 5.74) is -0.0766. The van der Waals surface area contributed by atoms with Crippen LogP contribution >= 0.6 is 0 Å². The molecule has 3 nitrogen and oxygen atoms in total. The van der Waals surface area contributed by atoms with Gasteiger partial charge in [-0.3, -0.25) is 0 Å². The van der Waals surface area contributed by atoms with E-state index in [1.54, 1.807) is 0 Å². The lowest BCUT2D eigenvalue weighted by Gasteiger charge is -2.23. The minimum Gasteiger partial charge on any atom is -0.463 e. The Morgan fingerprint density at radius 3 is 2.69 bits per heavy atom. The smallest absolute Gasteiger partial charge is 0.330 e. The monoisotopic (exact) mass is 202 g/mol. The maximum absolute atomic E-state index is 10.6. The quantitative estimate of drug-likeness (QED) is 0.273. The van der Waals surface area contributed by atoms with Gasteiger partial charge in [-0.1, -0.05) is 6.58 Å². The van der Waals surface area contributed by atoms with Gasteiger partial charge in [0.25, 0.3) is 0 Å². The Labute approximate surface area is 82.7 Å². The molecule has 0 aromatic rings. The Bertz CT molecular complexity index is 178. The van der Waals surface area contributed by atoms with E-state index in [1.807, 2.05) is 13.8 Å². The van der Waals surface area contributed by atoms with Crippen LogP contribution in [0.1, 0.15) is 26.7 Å². The molecule has 0 aromatic heterocycles. The highest BCUT2D eigenvalue weighted by Gasteiger charge is 2.14. The zero-order valence-corrected chi connectivity index (χ0v) is 10.6. The topological polar surface area (TPSA) is 35.5 Å². The number of carbonyl (C=O) groups is 1. The summed E-state index contributed by atoms with van der Waals surface area (Å²) in [5, 5.41) is 0. The van der Waals surface area contributed by atoms with Crippen molar-refractivity contribution >= 4 is 16.5 Å². The van der Waals surface area contributed by atoms with Gasteiger partial charge in [0.1, 0.15) is 10.5 Å². The van der Waals surface area contributed by atoms with Crippen molar-refractivity contribution in [3.05, 3.63) is 12.7 Å². The van der Waals surface area contributed by atoms with Crippen LogP contribution in [0.2, 0.25) is 0 Å². The molecular formula is C9H18O3Si. The standard InChI is InChI=1S/C9H18O3Si/c1-4-8(10)11-7-5-6-9(2,3)12-13/h4H,1,5-7H2,2-3,13H3. The van der Waals surface area contributed by atoms with Crippen molar-refractivity contribution in [3.63, 3.8) is 0 Å². The Morgan fingerprint density at radius 1 is 1.62 bits per heavy atom. The first-order valence-corrected chi connectivity index (χ1v) is 5.18. The van der Waals surface area contributed by atoms with Crippen LogP contribution in [-0.4, -0.2) is 28.7 Å². The van der Waals surface area contributed by atoms with Crippen LogP contribution < -0.4 is 0 Å². The SMILES string of the molecule is C=CC(=O)OCCCC(C)(C)O[SiH3]. The number of hydrogen-bond acceptors (Lipinski definition) is 3. The Kier molecular flexibility index (Phi) is 5.66. The predicted octanol–water partition coefficient (Wildman–Crippen LogP) is 0.571. The van der Waals surface area contributed by atoms with E-state index in [-0.39, 0.29) is 11.6 Å². The fourth-order valence-corrected chi connectivity index (χ4v) is 1.04. The van der Waals surface area contributed by atoms with Gasteiger partial charge < -0.3 is 9.16 Å². The third-order valence-corrected chi connectivity index (χ3v) is 2.99. The van der Waals surface area contributed by atoms with Crippen LogP contribution in [0.4, 0.5) is 0 Å². The van der Waals surface area contributed by atoms with E-state index in [2.05, 4.69) is 6.58 Å². The maximum atomic E-state index is 10.6. The second-order valence-electron chi connectivity index (χ2n) is 3.44. The maximum Gasteiger partial charge on any atom is 0.330 e. The van der Waals surface area contributed by atoms with Crippen LogP contribution in [0.25, 0.3) is 0 Å². The molecule has 0 aromatic carbocycles. The van der Waals surface area contributed by atoms with Crippen molar-refractivity contribution < 1.29 is 14.0 Å². The van der Waals surface area contributed by atoms with E-state index in [0.29, 0.717) is 6.61 Å². The highest BCUT2D eigenvalue weighted by Crippen LogP contribution is 2.14. The zero-order chi connectivity index (χ0) is 10.3. The lowest BCUT2D eigenvalue weighted by atomic mass is 10.0. The van der Waals surface area contributed by atoms with Crippen molar-refractivity contribution in [2.45, 2.75) is 32.3 Å². The molecule has 0 atom stereocenters. The van der Waals surface area contributed by atoms with Gasteiger partial charge in [-0.25, -0.2) is 4.79 Å². The average molecular weight is 202 g/mol. The predicted molar refractivity (Wildman–Crippen MR) is 55.5 cm³/mol. The highest BCUT2D eigenvalue weighted by atomic mass is 28.2. The van der Waals surface area contributed by atoms with Crippen molar-refractivity contribution in [3.8, 4) is 0 Å². The van der Waals surface area contributed by atoms with Gasteiger partial charge in [0.15, 0.2) is 0 Å². The Morgan fingerprint density at radius 2 is 2.23 bits per heavy atom. The first-order chi connectivity index (χ1) is 6.02. The van der Waals surface area contributed by atoms with E-state index in [1.165, 1.54) is 6.08 Å². The first kappa shape index (κ1) is 12.4. The molecule has 4 heteroatoms. The molecule has 0 fully saturated rings. The molecule has 0 amide bonds. The van der Waals surface area contributed by atoms with Gasteiger partial charge in [-0.2, -0.15) is 0 Å². The third-order valence-electron chi connectivity index (χ3n) is 1.89. The summed E-state index contributed by atoms with van der Waals surface area (Å²) in [6.45, 7) is 7.83. The molecule has 0 saturated heterocycles. The highest BCUT2D eigenvalue weighted by molar-refractivity contribution is 5.98. The molecule has 13 heavy (non-hydrogen) atoms. The number of carbonyl (C=O) groups excluding carboxylic acids is 1. The summed E-state index contributed by atoms with van der Waals surface area (Å²) >= 11 is 0.